The quantitative estimate of drug-likeness (QED) is 0.644. The topological polar surface area (TPSA) is 39.4 Å². The van der Waals surface area contributed by atoms with Crippen LogP contribution in [-0.4, -0.2) is 7.11 Å². The molecule has 0 radical (unpaired) electrons. The molecule has 0 aliphatic carbocycles. The number of hydrogen-bond donors (Lipinski definition) is 0. The van der Waals surface area contributed by atoms with Crippen LogP contribution in [0.1, 0.15) is 19.4 Å². The molecule has 3 nitrogen and oxygen atoms in total. The summed E-state index contributed by atoms with van der Waals surface area (Å²) in [6, 6.07) is 12.9. The lowest BCUT2D eigenvalue weighted by Gasteiger charge is -2.08. The van der Waals surface area contributed by atoms with E-state index in [0.717, 1.165) is 12.0 Å². The van der Waals surface area contributed by atoms with Crippen molar-refractivity contribution in [1.29, 1.82) is 0 Å². The van der Waals surface area contributed by atoms with E-state index in [4.69, 9.17) is 20.8 Å². The molecule has 0 N–H and O–H groups in total. The number of hydrogen-bond acceptors (Lipinski definition) is 3. The molecule has 3 rings (SSSR count). The molecule has 0 aliphatic heterocycles. The Morgan fingerprint density at radius 1 is 1.12 bits per heavy atom. The maximum absolute atomic E-state index is 12.4. The first-order valence-corrected chi connectivity index (χ1v) is 8.26. The van der Waals surface area contributed by atoms with Crippen LogP contribution >= 0.6 is 11.6 Å². The molecule has 0 amide bonds. The zero-order valence-corrected chi connectivity index (χ0v) is 14.7. The normalized spacial score (nSPS) is 11.2. The van der Waals surface area contributed by atoms with Crippen LogP contribution < -0.4 is 10.2 Å². The maximum Gasteiger partial charge on any atom is 0.194 e. The number of halogens is 1. The van der Waals surface area contributed by atoms with Crippen molar-refractivity contribution in [3.8, 4) is 17.1 Å². The van der Waals surface area contributed by atoms with Gasteiger partial charge in [0.25, 0.3) is 0 Å². The van der Waals surface area contributed by atoms with Gasteiger partial charge in [-0.3, -0.25) is 4.79 Å². The first kappa shape index (κ1) is 16.6. The summed E-state index contributed by atoms with van der Waals surface area (Å²) in [5.74, 6) is 1.68. The van der Waals surface area contributed by atoms with Gasteiger partial charge in [0.15, 0.2) is 5.43 Å². The zero-order valence-electron chi connectivity index (χ0n) is 13.9. The summed E-state index contributed by atoms with van der Waals surface area (Å²) in [7, 11) is 1.55. The van der Waals surface area contributed by atoms with Crippen molar-refractivity contribution in [3.05, 3.63) is 63.3 Å². The molecule has 124 valence electrons. The number of rotatable bonds is 4. The van der Waals surface area contributed by atoms with Gasteiger partial charge in [0, 0.05) is 17.7 Å². The molecule has 0 saturated heterocycles. The van der Waals surface area contributed by atoms with Crippen LogP contribution in [0.25, 0.3) is 22.3 Å². The van der Waals surface area contributed by atoms with Gasteiger partial charge in [0.05, 0.1) is 17.5 Å². The monoisotopic (exact) mass is 342 g/mol. The molecule has 1 heterocycles. The summed E-state index contributed by atoms with van der Waals surface area (Å²) < 4.78 is 11.1. The van der Waals surface area contributed by atoms with Crippen LogP contribution in [0.2, 0.25) is 5.02 Å². The summed E-state index contributed by atoms with van der Waals surface area (Å²) in [4.78, 5) is 12.4. The van der Waals surface area contributed by atoms with Crippen molar-refractivity contribution in [2.24, 2.45) is 5.92 Å². The largest absolute Gasteiger partial charge is 0.497 e. The average molecular weight is 343 g/mol. The third-order valence-electron chi connectivity index (χ3n) is 3.87. The van der Waals surface area contributed by atoms with Gasteiger partial charge in [-0.1, -0.05) is 49.7 Å². The fourth-order valence-electron chi connectivity index (χ4n) is 2.75. The Bertz CT molecular complexity index is 924. The maximum atomic E-state index is 12.4. The van der Waals surface area contributed by atoms with E-state index in [2.05, 4.69) is 26.0 Å². The molecule has 0 spiro atoms. The highest BCUT2D eigenvalue weighted by molar-refractivity contribution is 6.35. The fourth-order valence-corrected chi connectivity index (χ4v) is 3.05. The first-order chi connectivity index (χ1) is 11.5. The molecule has 0 bridgehead atoms. The Balaban J connectivity index is 2.08. The molecule has 3 aromatic rings. The molecule has 2 aromatic carbocycles. The molecular weight excluding hydrogens is 324 g/mol. The summed E-state index contributed by atoms with van der Waals surface area (Å²) in [6.45, 7) is 4.38. The highest BCUT2D eigenvalue weighted by Crippen LogP contribution is 2.30. The van der Waals surface area contributed by atoms with Gasteiger partial charge in [-0.15, -0.1) is 0 Å². The van der Waals surface area contributed by atoms with Crippen molar-refractivity contribution in [1.82, 2.24) is 0 Å². The van der Waals surface area contributed by atoms with Gasteiger partial charge in [-0.05, 0) is 24.0 Å². The average Bonchev–Trinajstić information content (AvgIpc) is 2.54. The van der Waals surface area contributed by atoms with Crippen LogP contribution in [0, 0.1) is 5.92 Å². The van der Waals surface area contributed by atoms with Crippen molar-refractivity contribution in [2.45, 2.75) is 20.3 Å². The van der Waals surface area contributed by atoms with Crippen molar-refractivity contribution in [3.63, 3.8) is 0 Å². The Labute approximate surface area is 145 Å². The molecule has 0 saturated carbocycles. The Morgan fingerprint density at radius 2 is 1.83 bits per heavy atom. The second kappa shape index (κ2) is 6.70. The predicted octanol–water partition coefficient (Wildman–Crippen LogP) is 5.32. The highest BCUT2D eigenvalue weighted by Gasteiger charge is 2.12. The smallest absolute Gasteiger partial charge is 0.194 e. The highest BCUT2D eigenvalue weighted by atomic mass is 35.5. The van der Waals surface area contributed by atoms with Crippen LogP contribution in [0.4, 0.5) is 0 Å². The van der Waals surface area contributed by atoms with Crippen molar-refractivity contribution >= 4 is 22.6 Å². The molecule has 0 aliphatic rings. The minimum atomic E-state index is -0.162. The lowest BCUT2D eigenvalue weighted by molar-refractivity contribution is 0.414. The number of ether oxygens (including phenoxy) is 1. The zero-order chi connectivity index (χ0) is 17.3. The van der Waals surface area contributed by atoms with Crippen molar-refractivity contribution in [2.75, 3.05) is 7.11 Å². The van der Waals surface area contributed by atoms with Crippen LogP contribution in [0.15, 0.2) is 51.7 Å². The summed E-state index contributed by atoms with van der Waals surface area (Å²) in [5.41, 5.74) is 2.39. The summed E-state index contributed by atoms with van der Waals surface area (Å²) in [5, 5.41) is 0.703. The van der Waals surface area contributed by atoms with E-state index < -0.39 is 0 Å². The molecule has 4 heteroatoms. The van der Waals surface area contributed by atoms with Gasteiger partial charge in [-0.2, -0.15) is 0 Å². The van der Waals surface area contributed by atoms with Gasteiger partial charge in [-0.25, -0.2) is 0 Å². The molecule has 1 aromatic heterocycles. The van der Waals surface area contributed by atoms with Crippen molar-refractivity contribution < 1.29 is 9.15 Å². The van der Waals surface area contributed by atoms with Crippen LogP contribution in [0.5, 0.6) is 5.75 Å². The third-order valence-corrected chi connectivity index (χ3v) is 4.17. The van der Waals surface area contributed by atoms with E-state index in [0.29, 0.717) is 33.4 Å². The molecular formula is C20H19ClO3. The van der Waals surface area contributed by atoms with E-state index in [1.165, 1.54) is 11.6 Å². The Hall–Kier alpha value is -2.26. The Morgan fingerprint density at radius 3 is 2.46 bits per heavy atom. The second-order valence-corrected chi connectivity index (χ2v) is 6.66. The van der Waals surface area contributed by atoms with E-state index in [1.807, 2.05) is 12.1 Å². The minimum Gasteiger partial charge on any atom is -0.497 e. The lowest BCUT2D eigenvalue weighted by Crippen LogP contribution is -2.01. The molecule has 0 fully saturated rings. The van der Waals surface area contributed by atoms with Crippen LogP contribution in [-0.2, 0) is 6.42 Å². The first-order valence-electron chi connectivity index (χ1n) is 7.88. The predicted molar refractivity (Wildman–Crippen MR) is 98.0 cm³/mol. The van der Waals surface area contributed by atoms with E-state index in [9.17, 15) is 4.79 Å². The lowest BCUT2D eigenvalue weighted by atomic mass is 10.0. The van der Waals surface area contributed by atoms with Crippen LogP contribution in [0.3, 0.4) is 0 Å². The standard InChI is InChI=1S/C20H19ClO3/c1-12(2)8-13-4-6-14(7-5-13)18-11-17(22)20-16(21)9-15(23-3)10-19(20)24-18/h4-7,9-12H,8H2,1-3H3. The summed E-state index contributed by atoms with van der Waals surface area (Å²) in [6.07, 6.45) is 1.02. The Kier molecular flexibility index (Phi) is 4.63. The van der Waals surface area contributed by atoms with Gasteiger partial charge in [0.2, 0.25) is 0 Å². The second-order valence-electron chi connectivity index (χ2n) is 6.25. The van der Waals surface area contributed by atoms with E-state index in [-0.39, 0.29) is 5.43 Å². The van der Waals surface area contributed by atoms with Gasteiger partial charge in [0.1, 0.15) is 17.1 Å². The van der Waals surface area contributed by atoms with Gasteiger partial charge >= 0.3 is 0 Å². The minimum absolute atomic E-state index is 0.162. The molecule has 24 heavy (non-hydrogen) atoms. The van der Waals surface area contributed by atoms with E-state index in [1.54, 1.807) is 19.2 Å². The SMILES string of the molecule is COc1cc(Cl)c2c(=O)cc(-c3ccc(CC(C)C)cc3)oc2c1. The molecule has 0 unspecified atom stereocenters. The van der Waals surface area contributed by atoms with Gasteiger partial charge < -0.3 is 9.15 Å². The number of fused-ring (bicyclic) bond motifs is 1. The fraction of sp³-hybridized carbons (Fsp3) is 0.250. The third kappa shape index (κ3) is 3.31. The number of benzene rings is 2. The molecule has 0 atom stereocenters. The summed E-state index contributed by atoms with van der Waals surface area (Å²) >= 11 is 6.17. The number of methoxy groups -OCH3 is 1. The van der Waals surface area contributed by atoms with E-state index >= 15 is 0 Å².